The molecule has 0 saturated carbocycles. The van der Waals surface area contributed by atoms with Crippen LogP contribution in [0.3, 0.4) is 0 Å². The first-order chi connectivity index (χ1) is 16.2. The lowest BCUT2D eigenvalue weighted by molar-refractivity contribution is 0.0463. The third-order valence-electron chi connectivity index (χ3n) is 6.43. The lowest BCUT2D eigenvalue weighted by Crippen LogP contribution is -2.39. The summed E-state index contributed by atoms with van der Waals surface area (Å²) in [7, 11) is 0. The van der Waals surface area contributed by atoms with Crippen LogP contribution in [-0.2, 0) is 0 Å². The van der Waals surface area contributed by atoms with Crippen LogP contribution < -0.4 is 0 Å². The number of nitrogens with zero attached hydrogens (tertiary/aromatic N) is 3. The largest absolute Gasteiger partial charge is 0.388 e. The zero-order valence-electron chi connectivity index (χ0n) is 18.4. The van der Waals surface area contributed by atoms with E-state index in [9.17, 15) is 9.90 Å². The van der Waals surface area contributed by atoms with E-state index in [1.165, 1.54) is 0 Å². The van der Waals surface area contributed by atoms with Crippen LogP contribution in [0.1, 0.15) is 34.9 Å². The predicted octanol–water partition coefficient (Wildman–Crippen LogP) is 5.13. The van der Waals surface area contributed by atoms with Gasteiger partial charge in [0.05, 0.1) is 17.4 Å². The summed E-state index contributed by atoms with van der Waals surface area (Å²) in [4.78, 5) is 15.5. The Labute approximate surface area is 193 Å². The predicted molar refractivity (Wildman–Crippen MR) is 129 cm³/mol. The summed E-state index contributed by atoms with van der Waals surface area (Å²) in [5.74, 6) is 0.140. The van der Waals surface area contributed by atoms with Gasteiger partial charge in [-0.1, -0.05) is 78.9 Å². The van der Waals surface area contributed by atoms with E-state index in [1.54, 1.807) is 4.68 Å². The van der Waals surface area contributed by atoms with Gasteiger partial charge in [0.15, 0.2) is 0 Å². The van der Waals surface area contributed by atoms with Gasteiger partial charge in [0.1, 0.15) is 5.69 Å². The van der Waals surface area contributed by atoms with Crippen molar-refractivity contribution in [1.29, 1.82) is 0 Å². The maximum atomic E-state index is 13.6. The molecule has 1 N–H and O–H groups in total. The van der Waals surface area contributed by atoms with Gasteiger partial charge in [-0.2, -0.15) is 5.10 Å². The Balaban J connectivity index is 1.38. The molecule has 0 bridgehead atoms. The second-order valence-corrected chi connectivity index (χ2v) is 8.52. The molecule has 0 radical (unpaired) electrons. The maximum Gasteiger partial charge on any atom is 0.257 e. The summed E-state index contributed by atoms with van der Waals surface area (Å²) in [6, 6.07) is 29.5. The minimum Gasteiger partial charge on any atom is -0.388 e. The van der Waals surface area contributed by atoms with E-state index in [1.807, 2.05) is 102 Å². The van der Waals surface area contributed by atoms with Crippen molar-refractivity contribution in [3.63, 3.8) is 0 Å². The van der Waals surface area contributed by atoms with Gasteiger partial charge >= 0.3 is 0 Å². The standard InChI is InChI=1S/C28H27N3O2/c32-27(22-12-6-2-7-13-22)23-16-18-30(19-17-23)28(33)25-20-31(24-14-8-3-9-15-24)29-26(25)21-10-4-1-5-11-21/h1-15,20,23,27,32H,16-19H2/t27-/m1/s1. The molecular weight excluding hydrogens is 410 g/mol. The highest BCUT2D eigenvalue weighted by molar-refractivity contribution is 6.00. The molecule has 1 aromatic heterocycles. The van der Waals surface area contributed by atoms with Crippen LogP contribution in [0.15, 0.2) is 97.2 Å². The molecule has 1 atom stereocenters. The van der Waals surface area contributed by atoms with Crippen molar-refractivity contribution in [2.45, 2.75) is 18.9 Å². The fraction of sp³-hybridized carbons (Fsp3) is 0.214. The van der Waals surface area contributed by atoms with Gasteiger partial charge in [-0.05, 0) is 36.5 Å². The van der Waals surface area contributed by atoms with Gasteiger partial charge in [-0.15, -0.1) is 0 Å². The van der Waals surface area contributed by atoms with Crippen molar-refractivity contribution in [3.8, 4) is 16.9 Å². The number of aliphatic hydroxyl groups is 1. The summed E-state index contributed by atoms with van der Waals surface area (Å²) in [6.07, 6.45) is 2.89. The summed E-state index contributed by atoms with van der Waals surface area (Å²) >= 11 is 0. The monoisotopic (exact) mass is 437 g/mol. The maximum absolute atomic E-state index is 13.6. The molecule has 5 rings (SSSR count). The molecule has 0 unspecified atom stereocenters. The van der Waals surface area contributed by atoms with Crippen molar-refractivity contribution in [2.75, 3.05) is 13.1 Å². The molecule has 1 aliphatic heterocycles. The molecule has 1 amide bonds. The highest BCUT2D eigenvalue weighted by Crippen LogP contribution is 2.32. The number of aromatic nitrogens is 2. The molecule has 1 fully saturated rings. The molecule has 2 heterocycles. The number of benzene rings is 3. The van der Waals surface area contributed by atoms with Crippen LogP contribution in [0.25, 0.3) is 16.9 Å². The lowest BCUT2D eigenvalue weighted by Gasteiger charge is -2.34. The third kappa shape index (κ3) is 4.45. The Morgan fingerprint density at radius 2 is 1.42 bits per heavy atom. The van der Waals surface area contributed by atoms with E-state index in [0.29, 0.717) is 24.3 Å². The fourth-order valence-electron chi connectivity index (χ4n) is 4.56. The number of amides is 1. The first kappa shape index (κ1) is 21.2. The fourth-order valence-corrected chi connectivity index (χ4v) is 4.56. The van der Waals surface area contributed by atoms with Gasteiger partial charge in [-0.25, -0.2) is 4.68 Å². The van der Waals surface area contributed by atoms with Crippen LogP contribution in [0.4, 0.5) is 0 Å². The van der Waals surface area contributed by atoms with Crippen molar-refractivity contribution in [3.05, 3.63) is 108 Å². The number of likely N-dealkylation sites (tertiary alicyclic amines) is 1. The first-order valence-corrected chi connectivity index (χ1v) is 11.4. The molecule has 1 aliphatic rings. The summed E-state index contributed by atoms with van der Waals surface area (Å²) in [5, 5.41) is 15.6. The van der Waals surface area contributed by atoms with Crippen molar-refractivity contribution < 1.29 is 9.90 Å². The molecule has 0 aliphatic carbocycles. The number of hydrogen-bond donors (Lipinski definition) is 1. The number of rotatable bonds is 5. The Morgan fingerprint density at radius 1 is 0.848 bits per heavy atom. The van der Waals surface area contributed by atoms with Crippen LogP contribution >= 0.6 is 0 Å². The average molecular weight is 438 g/mol. The summed E-state index contributed by atoms with van der Waals surface area (Å²) in [6.45, 7) is 1.25. The highest BCUT2D eigenvalue weighted by atomic mass is 16.3. The quantitative estimate of drug-likeness (QED) is 0.471. The summed E-state index contributed by atoms with van der Waals surface area (Å²) < 4.78 is 1.78. The first-order valence-electron chi connectivity index (χ1n) is 11.4. The van der Waals surface area contributed by atoms with Crippen LogP contribution in [0.2, 0.25) is 0 Å². The van der Waals surface area contributed by atoms with E-state index in [2.05, 4.69) is 0 Å². The molecule has 33 heavy (non-hydrogen) atoms. The zero-order valence-corrected chi connectivity index (χ0v) is 18.4. The number of carbonyl (C=O) groups excluding carboxylic acids is 1. The van der Waals surface area contributed by atoms with Crippen LogP contribution in [0, 0.1) is 5.92 Å². The smallest absolute Gasteiger partial charge is 0.257 e. The van der Waals surface area contributed by atoms with Crippen molar-refractivity contribution >= 4 is 5.91 Å². The Hall–Kier alpha value is -3.70. The molecule has 0 spiro atoms. The van der Waals surface area contributed by atoms with Gasteiger partial charge in [-0.3, -0.25) is 4.79 Å². The van der Waals surface area contributed by atoms with Gasteiger partial charge < -0.3 is 10.0 Å². The number of carbonyl (C=O) groups is 1. The molecule has 166 valence electrons. The van der Waals surface area contributed by atoms with E-state index < -0.39 is 6.10 Å². The third-order valence-corrected chi connectivity index (χ3v) is 6.43. The molecule has 4 aromatic rings. The summed E-state index contributed by atoms with van der Waals surface area (Å²) in [5.41, 5.74) is 4.07. The lowest BCUT2D eigenvalue weighted by atomic mass is 9.87. The molecule has 3 aromatic carbocycles. The average Bonchev–Trinajstić information content (AvgIpc) is 3.35. The Kier molecular flexibility index (Phi) is 6.05. The second kappa shape index (κ2) is 9.43. The van der Waals surface area contributed by atoms with E-state index >= 15 is 0 Å². The van der Waals surface area contributed by atoms with Gasteiger partial charge in [0.25, 0.3) is 5.91 Å². The second-order valence-electron chi connectivity index (χ2n) is 8.52. The molecular formula is C28H27N3O2. The Bertz CT molecular complexity index is 1200. The van der Waals surface area contributed by atoms with E-state index in [4.69, 9.17) is 5.10 Å². The normalized spacial score (nSPS) is 15.4. The Morgan fingerprint density at radius 3 is 2.06 bits per heavy atom. The van der Waals surface area contributed by atoms with Crippen molar-refractivity contribution in [2.24, 2.45) is 5.92 Å². The number of para-hydroxylation sites is 1. The topological polar surface area (TPSA) is 58.4 Å². The number of hydrogen-bond acceptors (Lipinski definition) is 3. The van der Waals surface area contributed by atoms with E-state index in [-0.39, 0.29) is 11.8 Å². The minimum atomic E-state index is -0.496. The SMILES string of the molecule is O=C(c1cn(-c2ccccc2)nc1-c1ccccc1)N1CCC([C@H](O)c2ccccc2)CC1. The number of piperidine rings is 1. The van der Waals surface area contributed by atoms with Gasteiger partial charge in [0, 0.05) is 24.8 Å². The van der Waals surface area contributed by atoms with Crippen LogP contribution in [0.5, 0.6) is 0 Å². The zero-order chi connectivity index (χ0) is 22.6. The van der Waals surface area contributed by atoms with Gasteiger partial charge in [0.2, 0.25) is 0 Å². The molecule has 5 nitrogen and oxygen atoms in total. The van der Waals surface area contributed by atoms with Crippen molar-refractivity contribution in [1.82, 2.24) is 14.7 Å². The molecule has 5 heteroatoms. The highest BCUT2D eigenvalue weighted by Gasteiger charge is 2.30. The van der Waals surface area contributed by atoms with E-state index in [0.717, 1.165) is 29.7 Å². The molecule has 1 saturated heterocycles. The minimum absolute atomic E-state index is 0.0105. The van der Waals surface area contributed by atoms with Crippen LogP contribution in [-0.4, -0.2) is 38.8 Å². The number of aliphatic hydroxyl groups excluding tert-OH is 1.